The zero-order valence-electron chi connectivity index (χ0n) is 11.6. The molecule has 21 heavy (non-hydrogen) atoms. The van der Waals surface area contributed by atoms with Gasteiger partial charge in [0.05, 0.1) is 17.8 Å². The van der Waals surface area contributed by atoms with E-state index in [2.05, 4.69) is 10.3 Å². The van der Waals surface area contributed by atoms with Crippen LogP contribution in [0.2, 0.25) is 0 Å². The summed E-state index contributed by atoms with van der Waals surface area (Å²) in [6.07, 6.45) is 6.05. The highest BCUT2D eigenvalue weighted by Crippen LogP contribution is 2.23. The third-order valence-electron chi connectivity index (χ3n) is 3.73. The van der Waals surface area contributed by atoms with Gasteiger partial charge in [-0.2, -0.15) is 0 Å². The van der Waals surface area contributed by atoms with Gasteiger partial charge in [0.1, 0.15) is 5.65 Å². The number of pyridine rings is 1. The number of nitrogens with zero attached hydrogens (tertiary/aromatic N) is 2. The van der Waals surface area contributed by atoms with Crippen molar-refractivity contribution >= 4 is 23.2 Å². The number of aryl methyl sites for hydroxylation is 2. The molecule has 0 radical (unpaired) electrons. The number of carboxylic acid groups (broad SMARTS) is 1. The third-order valence-corrected chi connectivity index (χ3v) is 3.73. The monoisotopic (exact) mass is 287 g/mol. The van der Waals surface area contributed by atoms with Gasteiger partial charge in [0.25, 0.3) is 0 Å². The molecule has 0 aliphatic heterocycles. The summed E-state index contributed by atoms with van der Waals surface area (Å²) in [5.41, 5.74) is 3.93. The molecule has 3 rings (SSSR count). The van der Waals surface area contributed by atoms with E-state index in [-0.39, 0.29) is 18.7 Å². The molecule has 2 heterocycles. The van der Waals surface area contributed by atoms with Crippen LogP contribution >= 0.6 is 0 Å². The molecule has 0 fully saturated rings. The number of hydrogen-bond acceptors (Lipinski definition) is 3. The van der Waals surface area contributed by atoms with Gasteiger partial charge >= 0.3 is 5.97 Å². The maximum absolute atomic E-state index is 11.7. The molecule has 0 saturated heterocycles. The lowest BCUT2D eigenvalue weighted by Gasteiger charge is -2.11. The van der Waals surface area contributed by atoms with Crippen molar-refractivity contribution in [1.82, 2.24) is 9.38 Å². The van der Waals surface area contributed by atoms with Crippen molar-refractivity contribution in [2.75, 3.05) is 5.32 Å². The molecule has 1 aliphatic carbocycles. The standard InChI is InChI=1S/C15H17N3O3/c19-14(7-8-15(20)21)16-10-5-6-13-17-11-3-1-2-4-12(11)18(13)9-10/h5-6,9H,1-4,7-8H2,(H,16,19)(H,20,21). The van der Waals surface area contributed by atoms with Crippen molar-refractivity contribution in [3.63, 3.8) is 0 Å². The van der Waals surface area contributed by atoms with Crippen molar-refractivity contribution < 1.29 is 14.7 Å². The number of carbonyl (C=O) groups excluding carboxylic acids is 1. The summed E-state index contributed by atoms with van der Waals surface area (Å²) in [7, 11) is 0. The number of aromatic nitrogens is 2. The predicted molar refractivity (Wildman–Crippen MR) is 77.3 cm³/mol. The van der Waals surface area contributed by atoms with Crippen LogP contribution in [-0.2, 0) is 22.4 Å². The van der Waals surface area contributed by atoms with Crippen LogP contribution in [-0.4, -0.2) is 26.4 Å². The molecule has 0 unspecified atom stereocenters. The molecule has 110 valence electrons. The number of imidazole rings is 1. The normalized spacial score (nSPS) is 13.9. The SMILES string of the molecule is O=C(O)CCC(=O)Nc1ccc2nc3c(n2c1)CCCC3. The molecule has 1 amide bonds. The Bertz CT molecular complexity index is 705. The Labute approximate surface area is 121 Å². The van der Waals surface area contributed by atoms with Gasteiger partial charge in [0, 0.05) is 18.3 Å². The number of fused-ring (bicyclic) bond motifs is 3. The molecule has 1 aliphatic rings. The minimum absolute atomic E-state index is 0.0184. The Morgan fingerprint density at radius 2 is 2.05 bits per heavy atom. The van der Waals surface area contributed by atoms with Gasteiger partial charge < -0.3 is 14.8 Å². The fourth-order valence-corrected chi connectivity index (χ4v) is 2.71. The fourth-order valence-electron chi connectivity index (χ4n) is 2.71. The second-order valence-corrected chi connectivity index (χ2v) is 5.30. The lowest BCUT2D eigenvalue weighted by molar-refractivity contribution is -0.138. The quantitative estimate of drug-likeness (QED) is 0.901. The van der Waals surface area contributed by atoms with Crippen LogP contribution in [0.1, 0.15) is 37.1 Å². The molecule has 2 aromatic heterocycles. The molecular weight excluding hydrogens is 270 g/mol. The molecule has 6 heteroatoms. The van der Waals surface area contributed by atoms with E-state index in [1.165, 1.54) is 12.1 Å². The summed E-state index contributed by atoms with van der Waals surface area (Å²) >= 11 is 0. The zero-order valence-corrected chi connectivity index (χ0v) is 11.6. The Balaban J connectivity index is 1.80. The number of aliphatic carboxylic acids is 1. The van der Waals surface area contributed by atoms with Gasteiger partial charge in [-0.15, -0.1) is 0 Å². The summed E-state index contributed by atoms with van der Waals surface area (Å²) < 4.78 is 2.03. The van der Waals surface area contributed by atoms with E-state index in [9.17, 15) is 9.59 Å². The first-order chi connectivity index (χ1) is 10.1. The number of carboxylic acids is 1. The van der Waals surface area contributed by atoms with E-state index in [0.717, 1.165) is 30.6 Å². The Morgan fingerprint density at radius 3 is 2.86 bits per heavy atom. The number of rotatable bonds is 4. The van der Waals surface area contributed by atoms with Gasteiger partial charge in [0.15, 0.2) is 0 Å². The lowest BCUT2D eigenvalue weighted by atomic mass is 10.0. The smallest absolute Gasteiger partial charge is 0.303 e. The van der Waals surface area contributed by atoms with Gasteiger partial charge in [-0.25, -0.2) is 4.98 Å². The van der Waals surface area contributed by atoms with E-state index in [0.29, 0.717) is 5.69 Å². The molecule has 0 saturated carbocycles. The molecule has 2 aromatic rings. The largest absolute Gasteiger partial charge is 0.481 e. The Morgan fingerprint density at radius 1 is 1.24 bits per heavy atom. The van der Waals surface area contributed by atoms with Crippen molar-refractivity contribution in [3.8, 4) is 0 Å². The first-order valence-electron chi connectivity index (χ1n) is 7.15. The van der Waals surface area contributed by atoms with Crippen LogP contribution in [0, 0.1) is 0 Å². The summed E-state index contributed by atoms with van der Waals surface area (Å²) in [5.74, 6) is -1.25. The zero-order chi connectivity index (χ0) is 14.8. The van der Waals surface area contributed by atoms with Gasteiger partial charge in [-0.1, -0.05) is 0 Å². The van der Waals surface area contributed by atoms with Crippen LogP contribution < -0.4 is 5.32 Å². The van der Waals surface area contributed by atoms with Crippen molar-refractivity contribution in [2.24, 2.45) is 0 Å². The topological polar surface area (TPSA) is 83.7 Å². The van der Waals surface area contributed by atoms with E-state index < -0.39 is 5.97 Å². The number of anilines is 1. The summed E-state index contributed by atoms with van der Waals surface area (Å²) in [5, 5.41) is 11.3. The fraction of sp³-hybridized carbons (Fsp3) is 0.400. The van der Waals surface area contributed by atoms with Crippen LogP contribution in [0.4, 0.5) is 5.69 Å². The lowest BCUT2D eigenvalue weighted by Crippen LogP contribution is -2.13. The Kier molecular flexibility index (Phi) is 3.60. The van der Waals surface area contributed by atoms with Crippen LogP contribution in [0.5, 0.6) is 0 Å². The molecular formula is C15H17N3O3. The van der Waals surface area contributed by atoms with Crippen LogP contribution in [0.3, 0.4) is 0 Å². The third kappa shape index (κ3) is 2.89. The minimum atomic E-state index is -0.968. The van der Waals surface area contributed by atoms with E-state index in [1.807, 2.05) is 16.7 Å². The maximum atomic E-state index is 11.7. The molecule has 0 bridgehead atoms. The average molecular weight is 287 g/mol. The molecule has 6 nitrogen and oxygen atoms in total. The first kappa shape index (κ1) is 13.6. The summed E-state index contributed by atoms with van der Waals surface area (Å²) in [4.78, 5) is 26.8. The van der Waals surface area contributed by atoms with Crippen molar-refractivity contribution in [1.29, 1.82) is 0 Å². The Hall–Kier alpha value is -2.37. The van der Waals surface area contributed by atoms with E-state index in [4.69, 9.17) is 5.11 Å². The number of nitrogens with one attached hydrogen (secondary N) is 1. The predicted octanol–water partition coefficient (Wildman–Crippen LogP) is 2.02. The second kappa shape index (κ2) is 5.55. The average Bonchev–Trinajstić information content (AvgIpc) is 2.83. The molecule has 0 spiro atoms. The van der Waals surface area contributed by atoms with Crippen LogP contribution in [0.15, 0.2) is 18.3 Å². The molecule has 0 aromatic carbocycles. The van der Waals surface area contributed by atoms with Crippen molar-refractivity contribution in [3.05, 3.63) is 29.7 Å². The highest BCUT2D eigenvalue weighted by atomic mass is 16.4. The van der Waals surface area contributed by atoms with Crippen molar-refractivity contribution in [2.45, 2.75) is 38.5 Å². The summed E-state index contributed by atoms with van der Waals surface area (Å²) in [6, 6.07) is 3.68. The van der Waals surface area contributed by atoms with Crippen LogP contribution in [0.25, 0.3) is 5.65 Å². The first-order valence-corrected chi connectivity index (χ1v) is 7.15. The maximum Gasteiger partial charge on any atom is 0.303 e. The summed E-state index contributed by atoms with van der Waals surface area (Å²) in [6.45, 7) is 0. The number of hydrogen-bond donors (Lipinski definition) is 2. The van der Waals surface area contributed by atoms with Gasteiger partial charge in [-0.05, 0) is 37.8 Å². The van der Waals surface area contributed by atoms with Gasteiger partial charge in [-0.3, -0.25) is 9.59 Å². The molecule has 2 N–H and O–H groups in total. The highest BCUT2D eigenvalue weighted by molar-refractivity contribution is 5.92. The highest BCUT2D eigenvalue weighted by Gasteiger charge is 2.16. The second-order valence-electron chi connectivity index (χ2n) is 5.30. The number of amides is 1. The number of carbonyl (C=O) groups is 2. The minimum Gasteiger partial charge on any atom is -0.481 e. The van der Waals surface area contributed by atoms with Gasteiger partial charge in [0.2, 0.25) is 5.91 Å². The van der Waals surface area contributed by atoms with E-state index >= 15 is 0 Å². The van der Waals surface area contributed by atoms with E-state index in [1.54, 1.807) is 6.07 Å². The molecule has 0 atom stereocenters.